The van der Waals surface area contributed by atoms with Gasteiger partial charge in [-0.3, -0.25) is 9.59 Å². The van der Waals surface area contributed by atoms with Crippen molar-refractivity contribution >= 4 is 17.9 Å². The minimum Gasteiger partial charge on any atom is -0.368 e. The van der Waals surface area contributed by atoms with Gasteiger partial charge in [0.15, 0.2) is 0 Å². The summed E-state index contributed by atoms with van der Waals surface area (Å²) in [6.07, 6.45) is 2.39. The van der Waals surface area contributed by atoms with Gasteiger partial charge < -0.3 is 10.6 Å². The molecule has 0 bridgehead atoms. The SMILES string of the molecule is CCCCN(CC(N)=O)c1cc(F)cc(C=O)c1. The lowest BCUT2D eigenvalue weighted by molar-refractivity contribution is -0.116. The molecule has 0 aliphatic rings. The number of primary amides is 1. The molecule has 0 unspecified atom stereocenters. The molecule has 0 heterocycles. The summed E-state index contributed by atoms with van der Waals surface area (Å²) < 4.78 is 13.3. The van der Waals surface area contributed by atoms with Gasteiger partial charge in [0, 0.05) is 17.8 Å². The topological polar surface area (TPSA) is 63.4 Å². The Morgan fingerprint density at radius 3 is 2.72 bits per heavy atom. The van der Waals surface area contributed by atoms with E-state index in [0.29, 0.717) is 18.5 Å². The molecule has 0 aliphatic heterocycles. The fourth-order valence-electron chi connectivity index (χ4n) is 1.68. The van der Waals surface area contributed by atoms with Crippen molar-refractivity contribution in [2.24, 2.45) is 5.73 Å². The second-order valence-corrected chi connectivity index (χ2v) is 4.10. The quantitative estimate of drug-likeness (QED) is 0.752. The molecule has 5 heteroatoms. The zero-order valence-electron chi connectivity index (χ0n) is 10.4. The average Bonchev–Trinajstić information content (AvgIpc) is 2.33. The molecule has 0 fully saturated rings. The minimum absolute atomic E-state index is 0.0156. The van der Waals surface area contributed by atoms with Crippen molar-refractivity contribution in [1.29, 1.82) is 0 Å². The Morgan fingerprint density at radius 1 is 1.44 bits per heavy atom. The number of rotatable bonds is 7. The van der Waals surface area contributed by atoms with E-state index in [2.05, 4.69) is 0 Å². The Bertz CT molecular complexity index is 435. The number of carbonyl (C=O) groups is 2. The van der Waals surface area contributed by atoms with Crippen LogP contribution in [0.3, 0.4) is 0 Å². The lowest BCUT2D eigenvalue weighted by Gasteiger charge is -2.23. The Balaban J connectivity index is 2.98. The van der Waals surface area contributed by atoms with Gasteiger partial charge in [0.1, 0.15) is 12.1 Å². The molecule has 1 amide bonds. The molecule has 0 radical (unpaired) electrons. The molecular formula is C13H17FN2O2. The van der Waals surface area contributed by atoms with E-state index in [4.69, 9.17) is 5.73 Å². The van der Waals surface area contributed by atoms with Gasteiger partial charge in [-0.2, -0.15) is 0 Å². The van der Waals surface area contributed by atoms with Gasteiger partial charge in [-0.05, 0) is 24.6 Å². The van der Waals surface area contributed by atoms with Gasteiger partial charge in [-0.1, -0.05) is 13.3 Å². The van der Waals surface area contributed by atoms with E-state index in [0.717, 1.165) is 18.9 Å². The van der Waals surface area contributed by atoms with Crippen molar-refractivity contribution in [3.63, 3.8) is 0 Å². The molecule has 0 spiro atoms. The van der Waals surface area contributed by atoms with E-state index in [1.165, 1.54) is 6.07 Å². The smallest absolute Gasteiger partial charge is 0.236 e. The van der Waals surface area contributed by atoms with Gasteiger partial charge in [0.05, 0.1) is 6.54 Å². The number of unbranched alkanes of at least 4 members (excludes halogenated alkanes) is 1. The second-order valence-electron chi connectivity index (χ2n) is 4.10. The molecule has 1 rings (SSSR count). The Kier molecular flexibility index (Phi) is 5.30. The van der Waals surface area contributed by atoms with Crippen LogP contribution in [-0.2, 0) is 4.79 Å². The summed E-state index contributed by atoms with van der Waals surface area (Å²) in [5.74, 6) is -0.983. The lowest BCUT2D eigenvalue weighted by Crippen LogP contribution is -2.34. The molecule has 0 aromatic heterocycles. The van der Waals surface area contributed by atoms with Crippen molar-refractivity contribution in [2.45, 2.75) is 19.8 Å². The largest absolute Gasteiger partial charge is 0.368 e. The maximum absolute atomic E-state index is 13.3. The molecule has 0 atom stereocenters. The maximum atomic E-state index is 13.3. The average molecular weight is 252 g/mol. The van der Waals surface area contributed by atoms with Crippen LogP contribution in [0.2, 0.25) is 0 Å². The van der Waals surface area contributed by atoms with Crippen LogP contribution in [0, 0.1) is 5.82 Å². The van der Waals surface area contributed by atoms with Gasteiger partial charge >= 0.3 is 0 Å². The molecule has 0 saturated carbocycles. The van der Waals surface area contributed by atoms with Crippen LogP contribution in [-0.4, -0.2) is 25.3 Å². The van der Waals surface area contributed by atoms with Crippen LogP contribution >= 0.6 is 0 Å². The van der Waals surface area contributed by atoms with Crippen molar-refractivity contribution in [2.75, 3.05) is 18.0 Å². The highest BCUT2D eigenvalue weighted by molar-refractivity contribution is 5.81. The van der Waals surface area contributed by atoms with Crippen LogP contribution in [0.1, 0.15) is 30.1 Å². The number of halogens is 1. The van der Waals surface area contributed by atoms with Crippen LogP contribution in [0.4, 0.5) is 10.1 Å². The van der Waals surface area contributed by atoms with Crippen LogP contribution in [0.5, 0.6) is 0 Å². The van der Waals surface area contributed by atoms with E-state index >= 15 is 0 Å². The van der Waals surface area contributed by atoms with Crippen molar-refractivity contribution in [1.82, 2.24) is 0 Å². The number of carbonyl (C=O) groups excluding carboxylic acids is 2. The summed E-state index contributed by atoms with van der Waals surface area (Å²) in [6.45, 7) is 2.63. The van der Waals surface area contributed by atoms with Crippen molar-refractivity contribution in [3.8, 4) is 0 Å². The third kappa shape index (κ3) is 4.16. The van der Waals surface area contributed by atoms with Gasteiger partial charge in [0.2, 0.25) is 5.91 Å². The predicted molar refractivity (Wildman–Crippen MR) is 68.1 cm³/mol. The normalized spacial score (nSPS) is 10.1. The highest BCUT2D eigenvalue weighted by atomic mass is 19.1. The van der Waals surface area contributed by atoms with E-state index in [-0.39, 0.29) is 12.1 Å². The third-order valence-corrected chi connectivity index (χ3v) is 2.53. The Hall–Kier alpha value is -1.91. The van der Waals surface area contributed by atoms with Crippen molar-refractivity contribution < 1.29 is 14.0 Å². The van der Waals surface area contributed by atoms with Crippen LogP contribution < -0.4 is 10.6 Å². The predicted octanol–water partition coefficient (Wildman–Crippen LogP) is 1.73. The first-order valence-corrected chi connectivity index (χ1v) is 5.85. The first-order valence-electron chi connectivity index (χ1n) is 5.85. The van der Waals surface area contributed by atoms with E-state index in [1.54, 1.807) is 11.0 Å². The number of hydrogen-bond donors (Lipinski definition) is 1. The Labute approximate surface area is 106 Å². The lowest BCUT2D eigenvalue weighted by atomic mass is 10.2. The van der Waals surface area contributed by atoms with Gasteiger partial charge in [0.25, 0.3) is 0 Å². The number of hydrogen-bond acceptors (Lipinski definition) is 3. The summed E-state index contributed by atoms with van der Waals surface area (Å²) in [5, 5.41) is 0. The standard InChI is InChI=1S/C13H17FN2O2/c1-2-3-4-16(8-13(15)18)12-6-10(9-17)5-11(14)7-12/h5-7,9H,2-4,8H2,1H3,(H2,15,18). The summed E-state index contributed by atoms with van der Waals surface area (Å²) in [5.41, 5.74) is 5.92. The van der Waals surface area contributed by atoms with Gasteiger partial charge in [-0.25, -0.2) is 4.39 Å². The number of benzene rings is 1. The second kappa shape index (κ2) is 6.74. The van der Waals surface area contributed by atoms with Crippen molar-refractivity contribution in [3.05, 3.63) is 29.6 Å². The fraction of sp³-hybridized carbons (Fsp3) is 0.385. The summed E-state index contributed by atoms with van der Waals surface area (Å²) >= 11 is 0. The molecule has 4 nitrogen and oxygen atoms in total. The maximum Gasteiger partial charge on any atom is 0.236 e. The highest BCUT2D eigenvalue weighted by Gasteiger charge is 2.11. The Morgan fingerprint density at radius 2 is 2.17 bits per heavy atom. The van der Waals surface area contributed by atoms with Crippen LogP contribution in [0.25, 0.3) is 0 Å². The first kappa shape index (κ1) is 14.2. The molecule has 98 valence electrons. The minimum atomic E-state index is -0.499. The molecule has 0 saturated heterocycles. The van der Waals surface area contributed by atoms with E-state index in [9.17, 15) is 14.0 Å². The molecule has 0 aliphatic carbocycles. The third-order valence-electron chi connectivity index (χ3n) is 2.53. The fourth-order valence-corrected chi connectivity index (χ4v) is 1.68. The summed E-state index contributed by atoms with van der Waals surface area (Å²) in [4.78, 5) is 23.4. The first-order chi connectivity index (χ1) is 8.56. The molecule has 2 N–H and O–H groups in total. The van der Waals surface area contributed by atoms with Crippen LogP contribution in [0.15, 0.2) is 18.2 Å². The zero-order chi connectivity index (χ0) is 13.5. The highest BCUT2D eigenvalue weighted by Crippen LogP contribution is 2.18. The number of amides is 1. The van der Waals surface area contributed by atoms with E-state index < -0.39 is 11.7 Å². The van der Waals surface area contributed by atoms with Gasteiger partial charge in [-0.15, -0.1) is 0 Å². The number of aldehydes is 1. The molecule has 18 heavy (non-hydrogen) atoms. The monoisotopic (exact) mass is 252 g/mol. The number of anilines is 1. The molecular weight excluding hydrogens is 235 g/mol. The van der Waals surface area contributed by atoms with E-state index in [1.807, 2.05) is 6.92 Å². The molecule has 1 aromatic rings. The summed E-state index contributed by atoms with van der Waals surface area (Å²) in [6, 6.07) is 4.00. The zero-order valence-corrected chi connectivity index (χ0v) is 10.4. The molecule has 1 aromatic carbocycles. The summed E-state index contributed by atoms with van der Waals surface area (Å²) in [7, 11) is 0. The number of nitrogens with zero attached hydrogens (tertiary/aromatic N) is 1. The number of nitrogens with two attached hydrogens (primary N) is 1.